The summed E-state index contributed by atoms with van der Waals surface area (Å²) in [6, 6.07) is 0. The fraction of sp³-hybridized carbons (Fsp3) is 0.750. The molecule has 1 aliphatic carbocycles. The summed E-state index contributed by atoms with van der Waals surface area (Å²) < 4.78 is 1.70. The summed E-state index contributed by atoms with van der Waals surface area (Å²) >= 11 is 0. The Labute approximate surface area is 106 Å². The zero-order valence-corrected chi connectivity index (χ0v) is 10.7. The van der Waals surface area contributed by atoms with Gasteiger partial charge in [0.25, 0.3) is 0 Å². The van der Waals surface area contributed by atoms with E-state index in [1.807, 2.05) is 7.05 Å². The van der Waals surface area contributed by atoms with Gasteiger partial charge in [-0.15, -0.1) is 0 Å². The maximum absolute atomic E-state index is 11.9. The van der Waals surface area contributed by atoms with Crippen LogP contribution in [0, 0.1) is 5.92 Å². The third-order valence-corrected chi connectivity index (χ3v) is 3.47. The second kappa shape index (κ2) is 5.95. The first-order valence-corrected chi connectivity index (χ1v) is 6.45. The van der Waals surface area contributed by atoms with E-state index in [0.29, 0.717) is 19.4 Å². The van der Waals surface area contributed by atoms with Gasteiger partial charge in [0.1, 0.15) is 12.2 Å². The second-order valence-corrected chi connectivity index (χ2v) is 4.86. The molecule has 1 heterocycles. The molecule has 1 fully saturated rings. The van der Waals surface area contributed by atoms with E-state index < -0.39 is 0 Å². The normalized spacial score (nSPS) is 23.9. The molecule has 1 aromatic heterocycles. The summed E-state index contributed by atoms with van der Waals surface area (Å²) in [5, 5.41) is 16.4. The first kappa shape index (κ1) is 13.0. The molecule has 0 saturated heterocycles. The Balaban J connectivity index is 1.73. The molecule has 6 nitrogen and oxygen atoms in total. The number of aromatic nitrogens is 3. The van der Waals surface area contributed by atoms with Crippen molar-refractivity contribution in [2.45, 2.75) is 38.2 Å². The zero-order valence-electron chi connectivity index (χ0n) is 10.7. The molecule has 2 atom stereocenters. The molecule has 1 aliphatic rings. The van der Waals surface area contributed by atoms with Crippen molar-refractivity contribution in [3.8, 4) is 0 Å². The Morgan fingerprint density at radius 1 is 1.61 bits per heavy atom. The molecule has 2 rings (SSSR count). The molecule has 0 aliphatic heterocycles. The van der Waals surface area contributed by atoms with E-state index in [1.165, 1.54) is 6.33 Å². The van der Waals surface area contributed by atoms with Crippen molar-refractivity contribution >= 4 is 5.91 Å². The number of aryl methyl sites for hydroxylation is 1. The minimum Gasteiger partial charge on any atom is -0.393 e. The molecule has 0 radical (unpaired) electrons. The van der Waals surface area contributed by atoms with Crippen LogP contribution in [-0.2, 0) is 18.3 Å². The second-order valence-electron chi connectivity index (χ2n) is 4.86. The summed E-state index contributed by atoms with van der Waals surface area (Å²) in [6.45, 7) is 0.567. The Kier molecular flexibility index (Phi) is 4.30. The van der Waals surface area contributed by atoms with Crippen molar-refractivity contribution in [1.29, 1.82) is 0 Å². The number of nitrogens with one attached hydrogen (secondary N) is 1. The van der Waals surface area contributed by atoms with E-state index in [2.05, 4.69) is 15.4 Å². The number of aliphatic hydroxyl groups is 1. The van der Waals surface area contributed by atoms with Gasteiger partial charge < -0.3 is 10.4 Å². The molecule has 1 aromatic rings. The van der Waals surface area contributed by atoms with Crippen LogP contribution in [0.4, 0.5) is 0 Å². The van der Waals surface area contributed by atoms with Crippen LogP contribution in [0.2, 0.25) is 0 Å². The molecule has 0 unspecified atom stereocenters. The highest BCUT2D eigenvalue weighted by atomic mass is 16.3. The Morgan fingerprint density at radius 2 is 2.44 bits per heavy atom. The average Bonchev–Trinajstić information content (AvgIpc) is 2.75. The van der Waals surface area contributed by atoms with Crippen molar-refractivity contribution in [3.63, 3.8) is 0 Å². The summed E-state index contributed by atoms with van der Waals surface area (Å²) in [5.74, 6) is 0.878. The lowest BCUT2D eigenvalue weighted by Crippen LogP contribution is -2.36. The maximum atomic E-state index is 11.9. The largest absolute Gasteiger partial charge is 0.393 e. The highest BCUT2D eigenvalue weighted by Crippen LogP contribution is 2.24. The number of amides is 1. The highest BCUT2D eigenvalue weighted by Gasteiger charge is 2.25. The van der Waals surface area contributed by atoms with Crippen molar-refractivity contribution in [2.75, 3.05) is 6.54 Å². The minimum atomic E-state index is -0.312. The van der Waals surface area contributed by atoms with Gasteiger partial charge in [0.2, 0.25) is 5.91 Å². The Bertz CT molecular complexity index is 405. The predicted molar refractivity (Wildman–Crippen MR) is 65.7 cm³/mol. The van der Waals surface area contributed by atoms with E-state index in [9.17, 15) is 9.90 Å². The van der Waals surface area contributed by atoms with Crippen LogP contribution in [0.5, 0.6) is 0 Å². The SMILES string of the molecule is Cn1ncnc1CCNC(=O)[C@H]1CCC[C@@H](O)C1. The smallest absolute Gasteiger partial charge is 0.223 e. The molecule has 0 spiro atoms. The van der Waals surface area contributed by atoms with Crippen LogP contribution < -0.4 is 5.32 Å². The molecule has 2 N–H and O–H groups in total. The van der Waals surface area contributed by atoms with E-state index in [1.54, 1.807) is 4.68 Å². The van der Waals surface area contributed by atoms with Crippen LogP contribution in [-0.4, -0.2) is 38.4 Å². The van der Waals surface area contributed by atoms with E-state index >= 15 is 0 Å². The molecule has 1 amide bonds. The summed E-state index contributed by atoms with van der Waals surface area (Å²) in [5.41, 5.74) is 0. The molecule has 100 valence electrons. The van der Waals surface area contributed by atoms with Crippen molar-refractivity contribution in [2.24, 2.45) is 13.0 Å². The first-order chi connectivity index (χ1) is 8.66. The van der Waals surface area contributed by atoms with E-state index in [0.717, 1.165) is 25.1 Å². The quantitative estimate of drug-likeness (QED) is 0.792. The highest BCUT2D eigenvalue weighted by molar-refractivity contribution is 5.78. The predicted octanol–water partition coefficient (Wildman–Crippen LogP) is 0.0249. The van der Waals surface area contributed by atoms with Crippen molar-refractivity contribution in [1.82, 2.24) is 20.1 Å². The Hall–Kier alpha value is -1.43. The average molecular weight is 252 g/mol. The number of hydrogen-bond donors (Lipinski definition) is 2. The monoisotopic (exact) mass is 252 g/mol. The van der Waals surface area contributed by atoms with Crippen LogP contribution in [0.25, 0.3) is 0 Å². The van der Waals surface area contributed by atoms with Gasteiger partial charge in [-0.05, 0) is 19.3 Å². The molecule has 1 saturated carbocycles. The minimum absolute atomic E-state index is 0.0340. The molecular weight excluding hydrogens is 232 g/mol. The van der Waals surface area contributed by atoms with Gasteiger partial charge in [-0.25, -0.2) is 4.98 Å². The molecule has 18 heavy (non-hydrogen) atoms. The number of nitrogens with zero attached hydrogens (tertiary/aromatic N) is 3. The lowest BCUT2D eigenvalue weighted by atomic mass is 9.87. The molecule has 6 heteroatoms. The topological polar surface area (TPSA) is 80.0 Å². The van der Waals surface area contributed by atoms with Gasteiger partial charge in [-0.2, -0.15) is 5.10 Å². The number of carbonyl (C=O) groups excluding carboxylic acids is 1. The van der Waals surface area contributed by atoms with E-state index in [4.69, 9.17) is 0 Å². The van der Waals surface area contributed by atoms with Crippen LogP contribution in [0.3, 0.4) is 0 Å². The standard InChI is InChI=1S/C12H20N4O2/c1-16-11(14-8-15-16)5-6-13-12(18)9-3-2-4-10(17)7-9/h8-10,17H,2-7H2,1H3,(H,13,18)/t9-,10+/m0/s1. The first-order valence-electron chi connectivity index (χ1n) is 6.45. The fourth-order valence-corrected chi connectivity index (χ4v) is 2.39. The molecule has 0 bridgehead atoms. The number of carbonyl (C=O) groups is 1. The Morgan fingerprint density at radius 3 is 3.11 bits per heavy atom. The third kappa shape index (κ3) is 3.29. The van der Waals surface area contributed by atoms with Gasteiger partial charge in [0.05, 0.1) is 6.10 Å². The van der Waals surface area contributed by atoms with Gasteiger partial charge in [-0.1, -0.05) is 6.42 Å². The lowest BCUT2D eigenvalue weighted by molar-refractivity contribution is -0.127. The van der Waals surface area contributed by atoms with Crippen molar-refractivity contribution < 1.29 is 9.90 Å². The van der Waals surface area contributed by atoms with Gasteiger partial charge >= 0.3 is 0 Å². The number of hydrogen-bond acceptors (Lipinski definition) is 4. The summed E-state index contributed by atoms with van der Waals surface area (Å²) in [4.78, 5) is 16.0. The number of rotatable bonds is 4. The lowest BCUT2D eigenvalue weighted by Gasteiger charge is -2.24. The zero-order chi connectivity index (χ0) is 13.0. The van der Waals surface area contributed by atoms with Gasteiger partial charge in [-0.3, -0.25) is 9.48 Å². The summed E-state index contributed by atoms with van der Waals surface area (Å²) in [6.07, 6.45) is 5.10. The van der Waals surface area contributed by atoms with Crippen LogP contribution in [0.15, 0.2) is 6.33 Å². The third-order valence-electron chi connectivity index (χ3n) is 3.47. The molecular formula is C12H20N4O2. The number of aliphatic hydroxyl groups excluding tert-OH is 1. The van der Waals surface area contributed by atoms with Crippen molar-refractivity contribution in [3.05, 3.63) is 12.2 Å². The van der Waals surface area contributed by atoms with Gasteiger partial charge in [0, 0.05) is 25.9 Å². The fourth-order valence-electron chi connectivity index (χ4n) is 2.39. The maximum Gasteiger partial charge on any atom is 0.223 e. The van der Waals surface area contributed by atoms with Crippen LogP contribution >= 0.6 is 0 Å². The molecule has 0 aromatic carbocycles. The van der Waals surface area contributed by atoms with Gasteiger partial charge in [0.15, 0.2) is 0 Å². The van der Waals surface area contributed by atoms with Crippen LogP contribution in [0.1, 0.15) is 31.5 Å². The van der Waals surface area contributed by atoms with E-state index in [-0.39, 0.29) is 17.9 Å². The summed E-state index contributed by atoms with van der Waals surface area (Å²) in [7, 11) is 1.83.